The smallest absolute Gasteiger partial charge is 0.329 e. The Morgan fingerprint density at radius 1 is 1.42 bits per heavy atom. The number of rotatable bonds is 1. The lowest BCUT2D eigenvalue weighted by molar-refractivity contribution is 0.0197. The fourth-order valence-corrected chi connectivity index (χ4v) is 0.875. The van der Waals surface area contributed by atoms with Crippen LogP contribution in [0.15, 0.2) is 0 Å². The zero-order valence-electron chi connectivity index (χ0n) is 7.00. The molecule has 0 aliphatic carbocycles. The standard InChI is InChI=1S/C6H13N3O2.ClH/c1-7-6(10)8-9-2-4-11-5-3-9;/h2-5H2,1H3,(H2,7,8,10);1H. The van der Waals surface area contributed by atoms with Crippen LogP contribution in [0.4, 0.5) is 4.79 Å². The van der Waals surface area contributed by atoms with Gasteiger partial charge in [0.1, 0.15) is 0 Å². The zero-order valence-corrected chi connectivity index (χ0v) is 7.82. The first-order valence-electron chi connectivity index (χ1n) is 3.64. The number of halogens is 1. The number of nitrogens with one attached hydrogen (secondary N) is 2. The number of carbonyl (C=O) groups is 1. The van der Waals surface area contributed by atoms with Crippen molar-refractivity contribution in [1.82, 2.24) is 15.8 Å². The minimum absolute atomic E-state index is 0. The largest absolute Gasteiger partial charge is 0.379 e. The summed E-state index contributed by atoms with van der Waals surface area (Å²) in [7, 11) is 1.59. The molecule has 1 rings (SSSR count). The molecule has 1 aliphatic rings. The first-order chi connectivity index (χ1) is 5.33. The van der Waals surface area contributed by atoms with Crippen LogP contribution in [0.2, 0.25) is 0 Å². The van der Waals surface area contributed by atoms with E-state index in [1.807, 2.05) is 5.01 Å². The average molecular weight is 196 g/mol. The van der Waals surface area contributed by atoms with Gasteiger partial charge in [0.2, 0.25) is 0 Å². The Hall–Kier alpha value is -0.520. The molecule has 6 heteroatoms. The van der Waals surface area contributed by atoms with Crippen LogP contribution >= 0.6 is 12.4 Å². The number of hydrogen-bond donors (Lipinski definition) is 2. The van der Waals surface area contributed by atoms with E-state index in [0.717, 1.165) is 13.1 Å². The summed E-state index contributed by atoms with van der Waals surface area (Å²) in [6, 6.07) is -0.174. The Bertz CT molecular complexity index is 139. The van der Waals surface area contributed by atoms with Gasteiger partial charge in [-0.25, -0.2) is 9.80 Å². The van der Waals surface area contributed by atoms with Crippen LogP contribution in [0.5, 0.6) is 0 Å². The maximum absolute atomic E-state index is 10.8. The van der Waals surface area contributed by atoms with Crippen LogP contribution in [0.25, 0.3) is 0 Å². The predicted molar refractivity (Wildman–Crippen MR) is 47.2 cm³/mol. The molecule has 0 aromatic rings. The number of hydrazine groups is 1. The van der Waals surface area contributed by atoms with Gasteiger partial charge < -0.3 is 10.1 Å². The number of carbonyl (C=O) groups excluding carboxylic acids is 1. The molecule has 1 fully saturated rings. The van der Waals surface area contributed by atoms with E-state index < -0.39 is 0 Å². The summed E-state index contributed by atoms with van der Waals surface area (Å²) >= 11 is 0. The highest BCUT2D eigenvalue weighted by atomic mass is 35.5. The molecule has 0 unspecified atom stereocenters. The molecule has 0 aromatic carbocycles. The second-order valence-electron chi connectivity index (χ2n) is 2.29. The van der Waals surface area contributed by atoms with Crippen LogP contribution in [0.1, 0.15) is 0 Å². The number of hydrogen-bond acceptors (Lipinski definition) is 3. The normalized spacial score (nSPS) is 17.8. The Morgan fingerprint density at radius 3 is 2.50 bits per heavy atom. The van der Waals surface area contributed by atoms with Crippen molar-refractivity contribution in [2.75, 3.05) is 33.4 Å². The third-order valence-electron chi connectivity index (χ3n) is 1.50. The average Bonchev–Trinajstić information content (AvgIpc) is 2.06. The Balaban J connectivity index is 0.00000121. The van der Waals surface area contributed by atoms with E-state index in [1.165, 1.54) is 0 Å². The Labute approximate surface area is 77.8 Å². The first-order valence-corrected chi connectivity index (χ1v) is 3.64. The van der Waals surface area contributed by atoms with Crippen molar-refractivity contribution in [1.29, 1.82) is 0 Å². The molecule has 1 heterocycles. The minimum Gasteiger partial charge on any atom is -0.379 e. The van der Waals surface area contributed by atoms with Crippen molar-refractivity contribution in [3.05, 3.63) is 0 Å². The summed E-state index contributed by atoms with van der Waals surface area (Å²) in [6.07, 6.45) is 0. The summed E-state index contributed by atoms with van der Waals surface area (Å²) in [4.78, 5) is 10.8. The van der Waals surface area contributed by atoms with E-state index in [4.69, 9.17) is 4.74 Å². The molecule has 0 bridgehead atoms. The van der Waals surface area contributed by atoms with E-state index in [1.54, 1.807) is 7.05 Å². The van der Waals surface area contributed by atoms with Gasteiger partial charge in [-0.3, -0.25) is 5.43 Å². The molecular formula is C6H14ClN3O2. The molecule has 2 N–H and O–H groups in total. The van der Waals surface area contributed by atoms with Crippen LogP contribution in [0.3, 0.4) is 0 Å². The number of morpholine rings is 1. The summed E-state index contributed by atoms with van der Waals surface area (Å²) in [5.41, 5.74) is 2.67. The molecule has 0 atom stereocenters. The third kappa shape index (κ3) is 3.75. The van der Waals surface area contributed by atoms with E-state index in [2.05, 4.69) is 10.7 Å². The van der Waals surface area contributed by atoms with Gasteiger partial charge in [0, 0.05) is 20.1 Å². The molecule has 12 heavy (non-hydrogen) atoms. The SMILES string of the molecule is CNC(=O)NN1CCOCC1.Cl. The second-order valence-corrected chi connectivity index (χ2v) is 2.29. The molecule has 0 spiro atoms. The number of amides is 2. The molecule has 0 radical (unpaired) electrons. The fraction of sp³-hybridized carbons (Fsp3) is 0.833. The van der Waals surface area contributed by atoms with Gasteiger partial charge in [-0.05, 0) is 0 Å². The molecule has 72 valence electrons. The van der Waals surface area contributed by atoms with E-state index in [0.29, 0.717) is 13.2 Å². The van der Waals surface area contributed by atoms with Crippen LogP contribution < -0.4 is 10.7 Å². The maximum atomic E-state index is 10.8. The summed E-state index contributed by atoms with van der Waals surface area (Å²) < 4.78 is 5.10. The van der Waals surface area contributed by atoms with Crippen LogP contribution in [-0.4, -0.2) is 44.4 Å². The monoisotopic (exact) mass is 195 g/mol. The lowest BCUT2D eigenvalue weighted by atomic mass is 10.5. The van der Waals surface area contributed by atoms with Crippen molar-refractivity contribution in [3.8, 4) is 0 Å². The van der Waals surface area contributed by atoms with Crippen molar-refractivity contribution < 1.29 is 9.53 Å². The molecular weight excluding hydrogens is 182 g/mol. The highest BCUT2D eigenvalue weighted by molar-refractivity contribution is 5.85. The molecule has 2 amide bonds. The van der Waals surface area contributed by atoms with E-state index >= 15 is 0 Å². The molecule has 0 aromatic heterocycles. The van der Waals surface area contributed by atoms with E-state index in [9.17, 15) is 4.79 Å². The predicted octanol–water partition coefficient (Wildman–Crippen LogP) is -0.416. The summed E-state index contributed by atoms with van der Waals surface area (Å²) in [5.74, 6) is 0. The summed E-state index contributed by atoms with van der Waals surface area (Å²) in [5, 5.41) is 4.32. The van der Waals surface area contributed by atoms with Gasteiger partial charge in [-0.2, -0.15) is 0 Å². The Kier molecular flexibility index (Phi) is 5.79. The maximum Gasteiger partial charge on any atom is 0.329 e. The quantitative estimate of drug-likeness (QED) is 0.598. The van der Waals surface area contributed by atoms with Gasteiger partial charge >= 0.3 is 6.03 Å². The van der Waals surface area contributed by atoms with Crippen LogP contribution in [-0.2, 0) is 4.74 Å². The number of urea groups is 1. The highest BCUT2D eigenvalue weighted by Gasteiger charge is 2.11. The topological polar surface area (TPSA) is 53.6 Å². The van der Waals surface area contributed by atoms with Gasteiger partial charge in [-0.1, -0.05) is 0 Å². The Morgan fingerprint density at radius 2 is 2.00 bits per heavy atom. The van der Waals surface area contributed by atoms with Crippen molar-refractivity contribution in [2.24, 2.45) is 0 Å². The second kappa shape index (κ2) is 6.05. The third-order valence-corrected chi connectivity index (χ3v) is 1.50. The van der Waals surface area contributed by atoms with Crippen LogP contribution in [0, 0.1) is 0 Å². The van der Waals surface area contributed by atoms with Gasteiger partial charge in [0.25, 0.3) is 0 Å². The van der Waals surface area contributed by atoms with Gasteiger partial charge in [0.05, 0.1) is 13.2 Å². The zero-order chi connectivity index (χ0) is 8.10. The van der Waals surface area contributed by atoms with Crippen molar-refractivity contribution >= 4 is 18.4 Å². The lowest BCUT2D eigenvalue weighted by Crippen LogP contribution is -2.50. The fourth-order valence-electron chi connectivity index (χ4n) is 0.875. The first kappa shape index (κ1) is 11.5. The number of ether oxygens (including phenoxy) is 1. The van der Waals surface area contributed by atoms with Crippen molar-refractivity contribution in [2.45, 2.75) is 0 Å². The van der Waals surface area contributed by atoms with Crippen molar-refractivity contribution in [3.63, 3.8) is 0 Å². The van der Waals surface area contributed by atoms with Gasteiger partial charge in [-0.15, -0.1) is 12.4 Å². The minimum atomic E-state index is -0.174. The molecule has 1 aliphatic heterocycles. The lowest BCUT2D eigenvalue weighted by Gasteiger charge is -2.26. The highest BCUT2D eigenvalue weighted by Crippen LogP contribution is 1.91. The molecule has 1 saturated heterocycles. The molecule has 5 nitrogen and oxygen atoms in total. The van der Waals surface area contributed by atoms with Gasteiger partial charge in [0.15, 0.2) is 0 Å². The number of nitrogens with zero attached hydrogens (tertiary/aromatic N) is 1. The van der Waals surface area contributed by atoms with E-state index in [-0.39, 0.29) is 18.4 Å². The summed E-state index contributed by atoms with van der Waals surface area (Å²) in [6.45, 7) is 2.88. The molecule has 0 saturated carbocycles.